The van der Waals surface area contributed by atoms with Gasteiger partial charge < -0.3 is 20.8 Å². The molecule has 0 spiro atoms. The van der Waals surface area contributed by atoms with Crippen molar-refractivity contribution in [2.24, 2.45) is 5.73 Å². The highest BCUT2D eigenvalue weighted by Crippen LogP contribution is 2.22. The summed E-state index contributed by atoms with van der Waals surface area (Å²) in [6, 6.07) is 8.60. The second-order valence-electron chi connectivity index (χ2n) is 6.23. The Labute approximate surface area is 146 Å². The molecule has 0 radical (unpaired) electrons. The Hall–Kier alpha value is -2.67. The molecule has 1 aliphatic rings. The molecule has 1 aromatic carbocycles. The van der Waals surface area contributed by atoms with Crippen LogP contribution in [0.15, 0.2) is 41.0 Å². The van der Waals surface area contributed by atoms with Gasteiger partial charge in [-0.15, -0.1) is 0 Å². The zero-order chi connectivity index (χ0) is 17.6. The normalized spacial score (nSPS) is 18.5. The number of aromatic nitrogens is 1. The molecule has 0 aliphatic carbocycles. The third-order valence-electron chi connectivity index (χ3n) is 4.33. The highest BCUT2D eigenvalue weighted by atomic mass is 16.3. The van der Waals surface area contributed by atoms with E-state index in [2.05, 4.69) is 15.6 Å². The van der Waals surface area contributed by atoms with Crippen molar-refractivity contribution in [2.75, 3.05) is 13.1 Å². The quantitative estimate of drug-likeness (QED) is 0.724. The summed E-state index contributed by atoms with van der Waals surface area (Å²) in [4.78, 5) is 28.3. The van der Waals surface area contributed by atoms with Crippen LogP contribution in [-0.4, -0.2) is 35.9 Å². The second kappa shape index (κ2) is 7.94. The van der Waals surface area contributed by atoms with E-state index in [1.807, 2.05) is 30.3 Å². The van der Waals surface area contributed by atoms with E-state index in [1.165, 1.54) is 6.26 Å². The molecule has 4 N–H and O–H groups in total. The van der Waals surface area contributed by atoms with Crippen LogP contribution in [0.5, 0.6) is 0 Å². The summed E-state index contributed by atoms with van der Waals surface area (Å²) in [5.74, 6) is -0.321. The number of carbonyl (C=O) groups is 2. The topological polar surface area (TPSA) is 110 Å². The first-order chi connectivity index (χ1) is 12.1. The minimum atomic E-state index is -0.800. The van der Waals surface area contributed by atoms with Gasteiger partial charge in [-0.25, -0.2) is 4.98 Å². The highest BCUT2D eigenvalue weighted by molar-refractivity contribution is 5.95. The average Bonchev–Trinajstić information content (AvgIpc) is 3.13. The van der Waals surface area contributed by atoms with E-state index >= 15 is 0 Å². The number of hydrogen-bond donors (Lipinski definition) is 3. The zero-order valence-corrected chi connectivity index (χ0v) is 13.9. The van der Waals surface area contributed by atoms with Crippen molar-refractivity contribution in [3.05, 3.63) is 53.7 Å². The van der Waals surface area contributed by atoms with Gasteiger partial charge >= 0.3 is 0 Å². The fourth-order valence-corrected chi connectivity index (χ4v) is 2.95. The summed E-state index contributed by atoms with van der Waals surface area (Å²) in [5, 5.41) is 5.93. The number of nitrogens with two attached hydrogens (primary N) is 1. The maximum absolute atomic E-state index is 12.4. The number of oxazole rings is 1. The van der Waals surface area contributed by atoms with Crippen LogP contribution in [0.1, 0.15) is 40.7 Å². The third kappa shape index (κ3) is 4.45. The van der Waals surface area contributed by atoms with E-state index in [4.69, 9.17) is 10.2 Å². The monoisotopic (exact) mass is 342 g/mol. The van der Waals surface area contributed by atoms with Crippen molar-refractivity contribution in [1.29, 1.82) is 0 Å². The van der Waals surface area contributed by atoms with Gasteiger partial charge in [0.05, 0.1) is 0 Å². The molecule has 0 bridgehead atoms. The lowest BCUT2D eigenvalue weighted by molar-refractivity contribution is -0.119. The Morgan fingerprint density at radius 2 is 2.16 bits per heavy atom. The van der Waals surface area contributed by atoms with E-state index in [0.717, 1.165) is 31.5 Å². The van der Waals surface area contributed by atoms with Crippen molar-refractivity contribution in [1.82, 2.24) is 15.6 Å². The molecule has 2 unspecified atom stereocenters. The Kier molecular flexibility index (Phi) is 5.45. The SMILES string of the molecule is NC(=O)C(Cc1ccccc1)NC(=O)c1coc(C2CCCNC2)n1. The molecule has 0 saturated carbocycles. The standard InChI is InChI=1S/C18H22N4O3/c19-16(23)14(9-12-5-2-1-3-6-12)21-17(24)15-11-25-18(22-15)13-7-4-8-20-10-13/h1-3,5-6,11,13-14,20H,4,7-10H2,(H2,19,23)(H,21,24). The average molecular weight is 342 g/mol. The van der Waals surface area contributed by atoms with Crippen LogP contribution in [0.4, 0.5) is 0 Å². The zero-order valence-electron chi connectivity index (χ0n) is 13.9. The summed E-state index contributed by atoms with van der Waals surface area (Å²) < 4.78 is 5.46. The summed E-state index contributed by atoms with van der Waals surface area (Å²) in [6.45, 7) is 1.78. The first-order valence-corrected chi connectivity index (χ1v) is 8.43. The Morgan fingerprint density at radius 1 is 1.36 bits per heavy atom. The smallest absolute Gasteiger partial charge is 0.273 e. The number of rotatable bonds is 6. The van der Waals surface area contributed by atoms with Crippen molar-refractivity contribution in [2.45, 2.75) is 31.2 Å². The summed E-state index contributed by atoms with van der Waals surface area (Å²) in [6.07, 6.45) is 3.70. The summed E-state index contributed by atoms with van der Waals surface area (Å²) in [7, 11) is 0. The minimum Gasteiger partial charge on any atom is -0.448 e. The van der Waals surface area contributed by atoms with E-state index in [-0.39, 0.29) is 11.6 Å². The molecule has 2 aromatic rings. The van der Waals surface area contributed by atoms with E-state index in [1.54, 1.807) is 0 Å². The van der Waals surface area contributed by atoms with Crippen molar-refractivity contribution >= 4 is 11.8 Å². The molecule has 1 saturated heterocycles. The number of nitrogens with zero attached hydrogens (tertiary/aromatic N) is 1. The number of nitrogens with one attached hydrogen (secondary N) is 2. The number of amides is 2. The lowest BCUT2D eigenvalue weighted by Gasteiger charge is -2.19. The van der Waals surface area contributed by atoms with Gasteiger partial charge in [0.2, 0.25) is 5.91 Å². The molecule has 132 valence electrons. The first-order valence-electron chi connectivity index (χ1n) is 8.43. The van der Waals surface area contributed by atoms with Gasteiger partial charge in [0, 0.05) is 18.9 Å². The molecular weight excluding hydrogens is 320 g/mol. The number of piperidine rings is 1. The first kappa shape index (κ1) is 17.2. The minimum absolute atomic E-state index is 0.167. The van der Waals surface area contributed by atoms with Crippen molar-refractivity contribution in [3.8, 4) is 0 Å². The molecule has 2 atom stereocenters. The molecule has 7 heteroatoms. The molecular formula is C18H22N4O3. The van der Waals surface area contributed by atoms with Crippen LogP contribution in [-0.2, 0) is 11.2 Å². The van der Waals surface area contributed by atoms with Crippen LogP contribution in [0, 0.1) is 0 Å². The molecule has 2 heterocycles. The molecule has 25 heavy (non-hydrogen) atoms. The van der Waals surface area contributed by atoms with Gasteiger partial charge in [0.25, 0.3) is 5.91 Å². The largest absolute Gasteiger partial charge is 0.448 e. The maximum atomic E-state index is 12.4. The van der Waals surface area contributed by atoms with Crippen LogP contribution in [0.3, 0.4) is 0 Å². The third-order valence-corrected chi connectivity index (χ3v) is 4.33. The Bertz CT molecular complexity index is 723. The summed E-state index contributed by atoms with van der Waals surface area (Å²) in [5.41, 5.74) is 6.51. The highest BCUT2D eigenvalue weighted by Gasteiger charge is 2.24. The van der Waals surface area contributed by atoms with Gasteiger partial charge in [-0.3, -0.25) is 9.59 Å². The maximum Gasteiger partial charge on any atom is 0.273 e. The Morgan fingerprint density at radius 3 is 2.84 bits per heavy atom. The van der Waals surface area contributed by atoms with Gasteiger partial charge in [0.15, 0.2) is 11.6 Å². The van der Waals surface area contributed by atoms with Crippen molar-refractivity contribution < 1.29 is 14.0 Å². The Balaban J connectivity index is 1.65. The number of benzene rings is 1. The van der Waals surface area contributed by atoms with Gasteiger partial charge in [0.1, 0.15) is 12.3 Å². The van der Waals surface area contributed by atoms with Gasteiger partial charge in [-0.2, -0.15) is 0 Å². The van der Waals surface area contributed by atoms with Crippen LogP contribution in [0.25, 0.3) is 0 Å². The summed E-state index contributed by atoms with van der Waals surface area (Å²) >= 11 is 0. The number of hydrogen-bond acceptors (Lipinski definition) is 5. The van der Waals surface area contributed by atoms with Crippen LogP contribution < -0.4 is 16.4 Å². The molecule has 1 aliphatic heterocycles. The van der Waals surface area contributed by atoms with E-state index in [9.17, 15) is 9.59 Å². The molecule has 2 amide bonds. The fourth-order valence-electron chi connectivity index (χ4n) is 2.95. The van der Waals surface area contributed by atoms with Gasteiger partial charge in [-0.05, 0) is 24.9 Å². The predicted molar refractivity (Wildman–Crippen MR) is 91.9 cm³/mol. The van der Waals surface area contributed by atoms with Gasteiger partial charge in [-0.1, -0.05) is 30.3 Å². The second-order valence-corrected chi connectivity index (χ2v) is 6.23. The fraction of sp³-hybridized carbons (Fsp3) is 0.389. The lowest BCUT2D eigenvalue weighted by Crippen LogP contribution is -2.46. The molecule has 1 aromatic heterocycles. The number of carbonyl (C=O) groups excluding carboxylic acids is 2. The lowest BCUT2D eigenvalue weighted by atomic mass is 10.00. The van der Waals surface area contributed by atoms with Crippen molar-refractivity contribution in [3.63, 3.8) is 0 Å². The predicted octanol–water partition coefficient (Wildman–Crippen LogP) is 0.968. The number of primary amides is 1. The molecule has 7 nitrogen and oxygen atoms in total. The van der Waals surface area contributed by atoms with E-state index < -0.39 is 17.9 Å². The molecule has 3 rings (SSSR count). The van der Waals surface area contributed by atoms with Crippen LogP contribution >= 0.6 is 0 Å². The van der Waals surface area contributed by atoms with E-state index in [0.29, 0.717) is 12.3 Å². The van der Waals surface area contributed by atoms with Crippen LogP contribution in [0.2, 0.25) is 0 Å². The molecule has 1 fully saturated rings.